The van der Waals surface area contributed by atoms with E-state index in [4.69, 9.17) is 9.47 Å². The number of benzene rings is 3. The Morgan fingerprint density at radius 1 is 1.04 bits per heavy atom. The quantitative estimate of drug-likeness (QED) is 0.150. The van der Waals surface area contributed by atoms with Crippen LogP contribution in [-0.2, 0) is 32.4 Å². The van der Waals surface area contributed by atoms with E-state index in [2.05, 4.69) is 16.0 Å². The van der Waals surface area contributed by atoms with Crippen LogP contribution >= 0.6 is 0 Å². The van der Waals surface area contributed by atoms with E-state index in [0.717, 1.165) is 59.2 Å². The van der Waals surface area contributed by atoms with E-state index in [0.29, 0.717) is 31.7 Å². The Kier molecular flexibility index (Phi) is 9.68. The third kappa shape index (κ3) is 7.16. The number of carbonyl (C=O) groups is 1. The summed E-state index contributed by atoms with van der Waals surface area (Å²) in [6.45, 7) is 4.03. The van der Waals surface area contributed by atoms with E-state index >= 15 is 0 Å². The first kappa shape index (κ1) is 31.1. The van der Waals surface area contributed by atoms with E-state index in [1.165, 1.54) is 32.4 Å². The van der Waals surface area contributed by atoms with Crippen LogP contribution < -0.4 is 4.74 Å². The summed E-state index contributed by atoms with van der Waals surface area (Å²) in [7, 11) is -2.49. The van der Waals surface area contributed by atoms with Gasteiger partial charge in [0.1, 0.15) is 12.4 Å². The first-order valence-electron chi connectivity index (χ1n) is 15.8. The van der Waals surface area contributed by atoms with Crippen molar-refractivity contribution in [3.8, 4) is 5.75 Å². The number of nitrogens with zero attached hydrogens (tertiary/aromatic N) is 2. The Morgan fingerprint density at radius 2 is 1.84 bits per heavy atom. The summed E-state index contributed by atoms with van der Waals surface area (Å²) >= 11 is 0. The van der Waals surface area contributed by atoms with Gasteiger partial charge in [0.2, 0.25) is 10.0 Å². The van der Waals surface area contributed by atoms with Gasteiger partial charge in [-0.3, -0.25) is 4.90 Å². The van der Waals surface area contributed by atoms with Crippen LogP contribution in [0.1, 0.15) is 54.0 Å². The largest absolute Gasteiger partial charge is 0.492 e. The molecule has 2 heterocycles. The second-order valence-corrected chi connectivity index (χ2v) is 13.7. The van der Waals surface area contributed by atoms with Gasteiger partial charge in [-0.1, -0.05) is 42.8 Å². The van der Waals surface area contributed by atoms with Gasteiger partial charge in [-0.05, 0) is 104 Å². The number of hydrogen-bond donors (Lipinski definition) is 1. The number of H-pyrrole nitrogens is 1. The zero-order chi connectivity index (χ0) is 31.2. The average Bonchev–Trinajstić information content (AvgIpc) is 3.68. The number of esters is 1. The molecular weight excluding hydrogens is 586 g/mol. The fraction of sp³-hybridized carbons (Fsp3) is 0.361. The molecule has 45 heavy (non-hydrogen) atoms. The molecule has 1 aromatic heterocycles. The van der Waals surface area contributed by atoms with Gasteiger partial charge in [0, 0.05) is 36.3 Å². The number of aromatic nitrogens is 1. The number of carbonyl (C=O) groups excluding carboxylic acids is 1. The fourth-order valence-electron chi connectivity index (χ4n) is 6.58. The van der Waals surface area contributed by atoms with Crippen LogP contribution in [0.25, 0.3) is 17.0 Å². The number of ether oxygens (including phenoxy) is 2. The Hall–Kier alpha value is -3.92. The van der Waals surface area contributed by atoms with E-state index in [1.807, 2.05) is 42.6 Å². The lowest BCUT2D eigenvalue weighted by atomic mass is 10.0. The van der Waals surface area contributed by atoms with Crippen molar-refractivity contribution < 1.29 is 22.7 Å². The lowest BCUT2D eigenvalue weighted by Crippen LogP contribution is -2.35. The fourth-order valence-corrected chi connectivity index (χ4v) is 8.22. The highest BCUT2D eigenvalue weighted by Crippen LogP contribution is 2.40. The van der Waals surface area contributed by atoms with Gasteiger partial charge in [0.25, 0.3) is 0 Å². The molecular formula is C36H41N3O5S. The Morgan fingerprint density at radius 3 is 2.64 bits per heavy atom. The predicted molar refractivity (Wildman–Crippen MR) is 177 cm³/mol. The topological polar surface area (TPSA) is 91.9 Å². The molecule has 0 amide bonds. The molecule has 0 spiro atoms. The van der Waals surface area contributed by atoms with Crippen molar-refractivity contribution in [1.82, 2.24) is 14.2 Å². The molecule has 1 N–H and O–H groups in total. The minimum atomic E-state index is -3.84. The van der Waals surface area contributed by atoms with Crippen LogP contribution in [0, 0.1) is 0 Å². The second-order valence-electron chi connectivity index (χ2n) is 11.8. The van der Waals surface area contributed by atoms with E-state index < -0.39 is 16.0 Å². The molecule has 1 fully saturated rings. The number of sulfonamides is 1. The number of piperidine rings is 1. The zero-order valence-corrected chi connectivity index (χ0v) is 26.6. The molecule has 1 saturated heterocycles. The normalized spacial score (nSPS) is 17.2. The zero-order valence-electron chi connectivity index (χ0n) is 25.8. The van der Waals surface area contributed by atoms with Crippen LogP contribution in [0.4, 0.5) is 0 Å². The van der Waals surface area contributed by atoms with Gasteiger partial charge in [0.05, 0.1) is 18.0 Å². The summed E-state index contributed by atoms with van der Waals surface area (Å²) in [5, 5.41) is 1.11. The highest BCUT2D eigenvalue weighted by Gasteiger charge is 2.36. The molecule has 1 aliphatic heterocycles. The third-order valence-corrected chi connectivity index (χ3v) is 10.9. The lowest BCUT2D eigenvalue weighted by Gasteiger charge is -2.29. The minimum absolute atomic E-state index is 0.260. The van der Waals surface area contributed by atoms with Crippen LogP contribution in [-0.4, -0.2) is 68.5 Å². The number of nitrogens with one attached hydrogen (secondary N) is 1. The average molecular weight is 628 g/mol. The molecule has 0 saturated carbocycles. The van der Waals surface area contributed by atoms with Crippen LogP contribution in [0.2, 0.25) is 0 Å². The summed E-state index contributed by atoms with van der Waals surface area (Å²) in [6.07, 6.45) is 10.9. The standard InChI is InChI=1S/C36H41N3O5S/c1-43-36(40)18-10-27-9-16-33-28(25-27)11-17-35(33)39(22-19-29-26-37-34-8-4-3-7-32(29)34)45(41,42)31-14-12-30(13-15-31)44-24-23-38-20-5-2-6-21-38/h3-4,7-10,12-16,18,25-26,35,37H,2,5-6,11,17,19-24H2,1H3/b18-10+. The molecule has 2 aliphatic rings. The molecule has 0 bridgehead atoms. The highest BCUT2D eigenvalue weighted by atomic mass is 32.2. The number of aromatic amines is 1. The van der Waals surface area contributed by atoms with Crippen molar-refractivity contribution in [2.24, 2.45) is 0 Å². The minimum Gasteiger partial charge on any atom is -0.492 e. The summed E-state index contributed by atoms with van der Waals surface area (Å²) in [4.78, 5) is 17.6. The van der Waals surface area contributed by atoms with E-state index in [9.17, 15) is 13.2 Å². The van der Waals surface area contributed by atoms with Gasteiger partial charge in [0.15, 0.2) is 0 Å². The number of likely N-dealkylation sites (tertiary alicyclic amines) is 1. The first-order chi connectivity index (χ1) is 21.9. The Balaban J connectivity index is 1.23. The van der Waals surface area contributed by atoms with Crippen LogP contribution in [0.5, 0.6) is 5.75 Å². The van der Waals surface area contributed by atoms with E-state index in [-0.39, 0.29) is 10.9 Å². The van der Waals surface area contributed by atoms with Crippen molar-refractivity contribution in [1.29, 1.82) is 0 Å². The summed E-state index contributed by atoms with van der Waals surface area (Å²) in [5.74, 6) is 0.261. The predicted octanol–water partition coefficient (Wildman–Crippen LogP) is 6.14. The van der Waals surface area contributed by atoms with Crippen molar-refractivity contribution in [3.05, 3.63) is 101 Å². The maximum atomic E-state index is 14.4. The van der Waals surface area contributed by atoms with Gasteiger partial charge in [-0.25, -0.2) is 13.2 Å². The lowest BCUT2D eigenvalue weighted by molar-refractivity contribution is -0.134. The van der Waals surface area contributed by atoms with Crippen LogP contribution in [0.3, 0.4) is 0 Å². The number of rotatable bonds is 12. The molecule has 236 valence electrons. The smallest absolute Gasteiger partial charge is 0.330 e. The Bertz CT molecular complexity index is 1760. The molecule has 1 atom stereocenters. The monoisotopic (exact) mass is 627 g/mol. The molecule has 6 rings (SSSR count). The SMILES string of the molecule is COC(=O)/C=C/c1ccc2c(c1)CCC2N(CCc1c[nH]c2ccccc12)S(=O)(=O)c1ccc(OCCN2CCCCC2)cc1. The molecule has 1 unspecified atom stereocenters. The molecule has 3 aromatic carbocycles. The summed E-state index contributed by atoms with van der Waals surface area (Å²) in [5.41, 5.74) is 5.10. The highest BCUT2D eigenvalue weighted by molar-refractivity contribution is 7.89. The van der Waals surface area contributed by atoms with Crippen molar-refractivity contribution in [2.75, 3.05) is 39.9 Å². The Labute approximate surface area is 265 Å². The number of para-hydroxylation sites is 1. The van der Waals surface area contributed by atoms with Crippen molar-refractivity contribution in [3.63, 3.8) is 0 Å². The van der Waals surface area contributed by atoms with Crippen molar-refractivity contribution >= 4 is 33.0 Å². The number of hydrogen-bond acceptors (Lipinski definition) is 6. The maximum absolute atomic E-state index is 14.4. The summed E-state index contributed by atoms with van der Waals surface area (Å²) < 4.78 is 41.1. The summed E-state index contributed by atoms with van der Waals surface area (Å²) in [6, 6.07) is 20.6. The molecule has 4 aromatic rings. The maximum Gasteiger partial charge on any atom is 0.330 e. The molecule has 8 nitrogen and oxygen atoms in total. The molecule has 0 radical (unpaired) electrons. The number of fused-ring (bicyclic) bond motifs is 2. The van der Waals surface area contributed by atoms with Gasteiger partial charge in [-0.15, -0.1) is 0 Å². The van der Waals surface area contributed by atoms with Gasteiger partial charge >= 0.3 is 5.97 Å². The number of methoxy groups -OCH3 is 1. The van der Waals surface area contributed by atoms with Crippen molar-refractivity contribution in [2.45, 2.75) is 49.5 Å². The molecule has 1 aliphatic carbocycles. The third-order valence-electron chi connectivity index (χ3n) is 9.01. The van der Waals surface area contributed by atoms with Crippen LogP contribution in [0.15, 0.2) is 83.9 Å². The second kappa shape index (κ2) is 14.0. The van der Waals surface area contributed by atoms with Gasteiger partial charge < -0.3 is 14.5 Å². The number of aryl methyl sites for hydroxylation is 1. The van der Waals surface area contributed by atoms with E-state index in [1.54, 1.807) is 34.6 Å². The molecule has 9 heteroatoms. The first-order valence-corrected chi connectivity index (χ1v) is 17.3. The van der Waals surface area contributed by atoms with Gasteiger partial charge in [-0.2, -0.15) is 4.31 Å².